The number of hydrogen-bond acceptors (Lipinski definition) is 7. The van der Waals surface area contributed by atoms with Crippen LogP contribution in [0.4, 0.5) is 5.95 Å². The number of anilines is 1. The molecule has 32 heavy (non-hydrogen) atoms. The van der Waals surface area contributed by atoms with Crippen LogP contribution in [0.5, 0.6) is 0 Å². The van der Waals surface area contributed by atoms with Crippen molar-refractivity contribution in [3.05, 3.63) is 42.4 Å². The molecule has 0 radical (unpaired) electrons. The number of nitrogens with one attached hydrogen (secondary N) is 1. The lowest BCUT2D eigenvalue weighted by molar-refractivity contribution is -0.120. The van der Waals surface area contributed by atoms with Crippen molar-refractivity contribution in [3.63, 3.8) is 0 Å². The van der Waals surface area contributed by atoms with Crippen molar-refractivity contribution < 1.29 is 9.90 Å². The standard InChI is InChI=1S/C24H32N6O2/c1-17(26-11-10-25-4)19-7-8-20-15-27-23(28-21(20)14-19)29-22(31)18-6-5-12-30(13-9-18)16-24(2,3)32/h7-8,10-11,14-15,18,32H,4-6,9,12-13,16H2,1-3H3,(H,27,28,29,31)/b11-10-,26-17?. The molecule has 1 aromatic heterocycles. The lowest BCUT2D eigenvalue weighted by atomic mass is 10.00. The van der Waals surface area contributed by atoms with Gasteiger partial charge in [0.05, 0.1) is 11.1 Å². The van der Waals surface area contributed by atoms with Gasteiger partial charge in [-0.2, -0.15) is 0 Å². The summed E-state index contributed by atoms with van der Waals surface area (Å²) in [4.78, 5) is 31.9. The number of hydrogen-bond donors (Lipinski definition) is 2. The van der Waals surface area contributed by atoms with Crippen LogP contribution in [-0.2, 0) is 4.79 Å². The van der Waals surface area contributed by atoms with Crippen LogP contribution >= 0.6 is 0 Å². The van der Waals surface area contributed by atoms with E-state index in [1.807, 2.05) is 39.0 Å². The van der Waals surface area contributed by atoms with Crippen LogP contribution in [0.15, 0.2) is 46.8 Å². The molecule has 8 heteroatoms. The zero-order valence-corrected chi connectivity index (χ0v) is 19.1. The summed E-state index contributed by atoms with van der Waals surface area (Å²) in [5, 5.41) is 13.9. The highest BCUT2D eigenvalue weighted by Gasteiger charge is 2.26. The van der Waals surface area contributed by atoms with Crippen LogP contribution in [0.25, 0.3) is 10.9 Å². The molecule has 0 spiro atoms. The van der Waals surface area contributed by atoms with Gasteiger partial charge in [0.25, 0.3) is 0 Å². The predicted octanol–water partition coefficient (Wildman–Crippen LogP) is 3.42. The maximum atomic E-state index is 12.9. The molecule has 1 aliphatic heterocycles. The third kappa shape index (κ3) is 6.77. The van der Waals surface area contributed by atoms with E-state index in [9.17, 15) is 9.90 Å². The maximum Gasteiger partial charge on any atom is 0.229 e. The number of carbonyl (C=O) groups excluding carboxylic acids is 1. The molecule has 1 unspecified atom stereocenters. The Morgan fingerprint density at radius 3 is 2.91 bits per heavy atom. The molecule has 0 bridgehead atoms. The van der Waals surface area contributed by atoms with E-state index < -0.39 is 5.60 Å². The molecule has 1 fully saturated rings. The van der Waals surface area contributed by atoms with Gasteiger partial charge in [0.15, 0.2) is 0 Å². The van der Waals surface area contributed by atoms with E-state index in [0.717, 1.165) is 54.5 Å². The number of nitrogens with zero attached hydrogens (tertiary/aromatic N) is 5. The second-order valence-electron chi connectivity index (χ2n) is 8.87. The third-order valence-electron chi connectivity index (χ3n) is 5.48. The molecule has 2 N–H and O–H groups in total. The van der Waals surface area contributed by atoms with Gasteiger partial charge in [-0.15, -0.1) is 0 Å². The summed E-state index contributed by atoms with van der Waals surface area (Å²) in [5.41, 5.74) is 1.76. The van der Waals surface area contributed by atoms with Gasteiger partial charge in [0.2, 0.25) is 11.9 Å². The minimum atomic E-state index is -0.734. The van der Waals surface area contributed by atoms with Gasteiger partial charge in [-0.3, -0.25) is 20.1 Å². The Morgan fingerprint density at radius 2 is 2.16 bits per heavy atom. The molecule has 170 valence electrons. The number of carbonyl (C=O) groups is 1. The first-order chi connectivity index (χ1) is 15.2. The van der Waals surface area contributed by atoms with E-state index in [0.29, 0.717) is 12.5 Å². The first-order valence-corrected chi connectivity index (χ1v) is 10.9. The summed E-state index contributed by atoms with van der Waals surface area (Å²) in [5.74, 6) is 0.167. The Kier molecular flexibility index (Phi) is 7.82. The van der Waals surface area contributed by atoms with Gasteiger partial charge < -0.3 is 10.0 Å². The highest BCUT2D eigenvalue weighted by atomic mass is 16.3. The Balaban J connectivity index is 1.68. The number of likely N-dealkylation sites (tertiary alicyclic amines) is 1. The normalized spacial score (nSPS) is 18.6. The first-order valence-electron chi connectivity index (χ1n) is 10.9. The summed E-state index contributed by atoms with van der Waals surface area (Å²) in [6.07, 6.45) is 7.32. The predicted molar refractivity (Wildman–Crippen MR) is 129 cm³/mol. The lowest BCUT2D eigenvalue weighted by Crippen LogP contribution is -2.39. The van der Waals surface area contributed by atoms with E-state index in [1.165, 1.54) is 6.20 Å². The van der Waals surface area contributed by atoms with Crippen LogP contribution in [0.3, 0.4) is 0 Å². The summed E-state index contributed by atoms with van der Waals surface area (Å²) >= 11 is 0. The molecule has 2 heterocycles. The van der Waals surface area contributed by atoms with Crippen molar-refractivity contribution in [1.82, 2.24) is 14.9 Å². The molecular weight excluding hydrogens is 404 g/mol. The van der Waals surface area contributed by atoms with Gasteiger partial charge in [-0.05, 0) is 71.5 Å². The Morgan fingerprint density at radius 1 is 1.34 bits per heavy atom. The number of amides is 1. The molecule has 1 aliphatic rings. The molecule has 1 aromatic carbocycles. The van der Waals surface area contributed by atoms with Crippen LogP contribution in [0.2, 0.25) is 0 Å². The first kappa shape index (κ1) is 23.7. The van der Waals surface area contributed by atoms with Gasteiger partial charge >= 0.3 is 0 Å². The van der Waals surface area contributed by atoms with E-state index in [1.54, 1.807) is 12.4 Å². The quantitative estimate of drug-likeness (QED) is 0.648. The Labute approximate surface area is 189 Å². The molecule has 3 rings (SSSR count). The van der Waals surface area contributed by atoms with Crippen molar-refractivity contribution in [2.45, 2.75) is 45.6 Å². The van der Waals surface area contributed by atoms with Gasteiger partial charge in [-0.1, -0.05) is 12.1 Å². The van der Waals surface area contributed by atoms with E-state index in [4.69, 9.17) is 0 Å². The molecule has 0 aliphatic carbocycles. The number of aliphatic imine (C=N–C) groups is 2. The minimum Gasteiger partial charge on any atom is -0.389 e. The topological polar surface area (TPSA) is 103 Å². The van der Waals surface area contributed by atoms with E-state index >= 15 is 0 Å². The van der Waals surface area contributed by atoms with Crippen LogP contribution < -0.4 is 5.32 Å². The van der Waals surface area contributed by atoms with Gasteiger partial charge in [-0.25, -0.2) is 9.97 Å². The molecule has 1 atom stereocenters. The van der Waals surface area contributed by atoms with Crippen molar-refractivity contribution in [3.8, 4) is 0 Å². The Bertz CT molecular complexity index is 1020. The number of aromatic nitrogens is 2. The summed E-state index contributed by atoms with van der Waals surface area (Å²) in [7, 11) is 0. The molecule has 8 nitrogen and oxygen atoms in total. The minimum absolute atomic E-state index is 0.0505. The molecule has 1 saturated heterocycles. The van der Waals surface area contributed by atoms with Gasteiger partial charge in [0, 0.05) is 42.2 Å². The number of rotatable bonds is 7. The van der Waals surface area contributed by atoms with Crippen molar-refractivity contribution in [2.75, 3.05) is 25.0 Å². The zero-order chi connectivity index (χ0) is 23.1. The number of aliphatic hydroxyl groups is 1. The lowest BCUT2D eigenvalue weighted by Gasteiger charge is -2.27. The fraction of sp³-hybridized carbons (Fsp3) is 0.458. The fourth-order valence-electron chi connectivity index (χ4n) is 3.91. The maximum absolute atomic E-state index is 12.9. The number of benzene rings is 1. The second-order valence-corrected chi connectivity index (χ2v) is 8.87. The zero-order valence-electron chi connectivity index (χ0n) is 19.1. The largest absolute Gasteiger partial charge is 0.389 e. The van der Waals surface area contributed by atoms with E-state index in [-0.39, 0.29) is 11.8 Å². The summed E-state index contributed by atoms with van der Waals surface area (Å²) in [6, 6.07) is 5.83. The molecule has 0 saturated carbocycles. The van der Waals surface area contributed by atoms with E-state index in [2.05, 4.69) is 36.9 Å². The third-order valence-corrected chi connectivity index (χ3v) is 5.48. The van der Waals surface area contributed by atoms with Crippen LogP contribution in [-0.4, -0.2) is 63.5 Å². The molecular formula is C24H32N6O2. The highest BCUT2D eigenvalue weighted by molar-refractivity contribution is 6.01. The number of β-amino-alcohol motifs (C(OH)–C–C–N with tert-alkyl or cyclic N) is 1. The van der Waals surface area contributed by atoms with Crippen molar-refractivity contribution >= 4 is 35.2 Å². The van der Waals surface area contributed by atoms with Crippen LogP contribution in [0.1, 0.15) is 45.6 Å². The SMILES string of the molecule is C=N/C=C\N=C(C)c1ccc2cnc(NC(=O)C3CCCN(CC(C)(C)O)CC3)nc2c1. The van der Waals surface area contributed by atoms with Crippen molar-refractivity contribution in [1.29, 1.82) is 0 Å². The highest BCUT2D eigenvalue weighted by Crippen LogP contribution is 2.21. The van der Waals surface area contributed by atoms with Crippen molar-refractivity contribution in [2.24, 2.45) is 15.9 Å². The monoisotopic (exact) mass is 436 g/mol. The summed E-state index contributed by atoms with van der Waals surface area (Å²) < 4.78 is 0. The smallest absolute Gasteiger partial charge is 0.229 e. The number of fused-ring (bicyclic) bond motifs is 1. The second kappa shape index (κ2) is 10.6. The molecule has 1 amide bonds. The summed E-state index contributed by atoms with van der Waals surface area (Å²) in [6.45, 7) is 11.2. The average molecular weight is 437 g/mol. The average Bonchev–Trinajstić information content (AvgIpc) is 2.97. The Hall–Kier alpha value is -2.97. The fourth-order valence-corrected chi connectivity index (χ4v) is 3.91. The van der Waals surface area contributed by atoms with Gasteiger partial charge in [0.1, 0.15) is 0 Å². The van der Waals surface area contributed by atoms with Crippen LogP contribution in [0, 0.1) is 5.92 Å². The molecule has 2 aromatic rings.